The van der Waals surface area contributed by atoms with Crippen molar-refractivity contribution in [1.82, 2.24) is 24.4 Å². The van der Waals surface area contributed by atoms with Crippen LogP contribution in [0.4, 0.5) is 10.6 Å². The van der Waals surface area contributed by atoms with Gasteiger partial charge in [-0.05, 0) is 49.7 Å². The van der Waals surface area contributed by atoms with Crippen LogP contribution in [0.1, 0.15) is 27.7 Å². The summed E-state index contributed by atoms with van der Waals surface area (Å²) in [6, 6.07) is 3.58. The number of amides is 1. The molecule has 0 N–H and O–H groups in total. The molecule has 1 aliphatic rings. The minimum absolute atomic E-state index is 0.0545. The average Bonchev–Trinajstić information content (AvgIpc) is 3.04. The Morgan fingerprint density at radius 2 is 2.03 bits per heavy atom. The molecule has 0 radical (unpaired) electrons. The second kappa shape index (κ2) is 8.27. The summed E-state index contributed by atoms with van der Waals surface area (Å²) in [6.07, 6.45) is 4.85. The van der Waals surface area contributed by atoms with Gasteiger partial charge in [0.05, 0.1) is 5.39 Å². The summed E-state index contributed by atoms with van der Waals surface area (Å²) in [7, 11) is 0. The highest BCUT2D eigenvalue weighted by atomic mass is 79.9. The lowest BCUT2D eigenvalue weighted by molar-refractivity contribution is 0.0218. The smallest absolute Gasteiger partial charge is 0.410 e. The minimum atomic E-state index is -0.515. The van der Waals surface area contributed by atoms with Crippen LogP contribution in [0.25, 0.3) is 16.9 Å². The number of hydrogen-bond acceptors (Lipinski definition) is 6. The molecule has 0 aromatic carbocycles. The Kier molecular flexibility index (Phi) is 5.83. The van der Waals surface area contributed by atoms with E-state index in [4.69, 9.17) is 16.3 Å². The summed E-state index contributed by atoms with van der Waals surface area (Å²) >= 11 is 9.82. The molecule has 164 valence electrons. The van der Waals surface area contributed by atoms with Crippen molar-refractivity contribution in [2.45, 2.75) is 39.3 Å². The molecule has 1 fully saturated rings. The van der Waals surface area contributed by atoms with E-state index in [9.17, 15) is 4.79 Å². The molecular weight excluding hydrogens is 484 g/mol. The molecule has 1 aliphatic heterocycles. The topological polar surface area (TPSA) is 76.4 Å². The molecule has 1 unspecified atom stereocenters. The summed E-state index contributed by atoms with van der Waals surface area (Å²) in [4.78, 5) is 29.9. The van der Waals surface area contributed by atoms with Crippen molar-refractivity contribution < 1.29 is 9.53 Å². The van der Waals surface area contributed by atoms with Crippen LogP contribution in [-0.2, 0) is 4.74 Å². The Balaban J connectivity index is 1.64. The molecule has 10 heteroatoms. The largest absolute Gasteiger partial charge is 0.444 e. The van der Waals surface area contributed by atoms with Gasteiger partial charge in [0.2, 0.25) is 0 Å². The first-order valence-electron chi connectivity index (χ1n) is 10.0. The standard InChI is InChI=1S/C21H24BrClN6O2/c1-13-10-27(20(30)31-21(2,3)4)7-8-28(13)18-17-15(22)11-29(19(17)26-12-25-18)16-9-14(23)5-6-24-16/h5-6,9,11-13H,7-8,10H2,1-4H3. The van der Waals surface area contributed by atoms with Gasteiger partial charge in [0, 0.05) is 53.6 Å². The van der Waals surface area contributed by atoms with Crippen LogP contribution in [0, 0.1) is 0 Å². The number of anilines is 1. The highest BCUT2D eigenvalue weighted by molar-refractivity contribution is 9.10. The number of halogens is 2. The van der Waals surface area contributed by atoms with Gasteiger partial charge in [0.25, 0.3) is 0 Å². The predicted molar refractivity (Wildman–Crippen MR) is 124 cm³/mol. The lowest BCUT2D eigenvalue weighted by Gasteiger charge is -2.41. The van der Waals surface area contributed by atoms with Crippen LogP contribution in [0.15, 0.2) is 35.3 Å². The fourth-order valence-corrected chi connectivity index (χ4v) is 4.40. The van der Waals surface area contributed by atoms with E-state index in [-0.39, 0.29) is 12.1 Å². The van der Waals surface area contributed by atoms with Crippen molar-refractivity contribution in [3.8, 4) is 5.82 Å². The number of carbonyl (C=O) groups is 1. The summed E-state index contributed by atoms with van der Waals surface area (Å²) in [6.45, 7) is 9.44. The lowest BCUT2D eigenvalue weighted by atomic mass is 10.1. The number of carbonyl (C=O) groups excluding carboxylic acids is 1. The summed E-state index contributed by atoms with van der Waals surface area (Å²) in [5, 5.41) is 1.49. The molecule has 0 bridgehead atoms. The van der Waals surface area contributed by atoms with Crippen molar-refractivity contribution in [1.29, 1.82) is 0 Å². The second-order valence-electron chi connectivity index (χ2n) is 8.54. The Bertz CT molecular complexity index is 1130. The van der Waals surface area contributed by atoms with Crippen molar-refractivity contribution in [3.63, 3.8) is 0 Å². The van der Waals surface area contributed by atoms with E-state index in [1.807, 2.05) is 31.5 Å². The van der Waals surface area contributed by atoms with Gasteiger partial charge in [0.15, 0.2) is 5.65 Å². The molecule has 1 atom stereocenters. The summed E-state index contributed by atoms with van der Waals surface area (Å²) < 4.78 is 8.28. The number of rotatable bonds is 2. The van der Waals surface area contributed by atoms with Crippen LogP contribution in [0.5, 0.6) is 0 Å². The fourth-order valence-electron chi connectivity index (χ4n) is 3.68. The number of nitrogens with zero attached hydrogens (tertiary/aromatic N) is 6. The molecule has 3 aromatic heterocycles. The van der Waals surface area contributed by atoms with Gasteiger partial charge < -0.3 is 14.5 Å². The van der Waals surface area contributed by atoms with Crippen LogP contribution in [0.2, 0.25) is 5.02 Å². The highest BCUT2D eigenvalue weighted by Gasteiger charge is 2.32. The number of fused-ring (bicyclic) bond motifs is 1. The molecule has 31 heavy (non-hydrogen) atoms. The van der Waals surface area contributed by atoms with E-state index in [2.05, 4.69) is 42.7 Å². The van der Waals surface area contributed by atoms with Crippen LogP contribution < -0.4 is 4.90 Å². The van der Waals surface area contributed by atoms with Gasteiger partial charge in [-0.3, -0.25) is 4.57 Å². The van der Waals surface area contributed by atoms with E-state index in [1.165, 1.54) is 0 Å². The van der Waals surface area contributed by atoms with Crippen LogP contribution >= 0.6 is 27.5 Å². The zero-order valence-corrected chi connectivity index (χ0v) is 20.2. The molecule has 0 aliphatic carbocycles. The summed E-state index contributed by atoms with van der Waals surface area (Å²) in [5.41, 5.74) is 0.215. The number of aromatic nitrogens is 4. The van der Waals surface area contributed by atoms with E-state index >= 15 is 0 Å². The Hall–Kier alpha value is -2.39. The highest BCUT2D eigenvalue weighted by Crippen LogP contribution is 2.35. The first-order chi connectivity index (χ1) is 14.6. The maximum Gasteiger partial charge on any atom is 0.410 e. The van der Waals surface area contributed by atoms with E-state index in [0.29, 0.717) is 30.5 Å². The maximum atomic E-state index is 12.5. The van der Waals surface area contributed by atoms with Crippen molar-refractivity contribution in [3.05, 3.63) is 40.3 Å². The van der Waals surface area contributed by atoms with Crippen molar-refractivity contribution in [2.24, 2.45) is 0 Å². The van der Waals surface area contributed by atoms with Crippen molar-refractivity contribution in [2.75, 3.05) is 24.5 Å². The maximum absolute atomic E-state index is 12.5. The molecular formula is C21H24BrClN6O2. The molecule has 1 saturated heterocycles. The monoisotopic (exact) mass is 506 g/mol. The van der Waals surface area contributed by atoms with E-state index < -0.39 is 5.60 Å². The normalized spacial score (nSPS) is 17.3. The number of ether oxygens (including phenoxy) is 1. The quantitative estimate of drug-likeness (QED) is 0.501. The predicted octanol–water partition coefficient (Wildman–Crippen LogP) is 4.68. The fraction of sp³-hybridized carbons (Fsp3) is 0.429. The Morgan fingerprint density at radius 3 is 2.71 bits per heavy atom. The number of hydrogen-bond donors (Lipinski definition) is 0. The average molecular weight is 508 g/mol. The van der Waals surface area contributed by atoms with Gasteiger partial charge in [-0.25, -0.2) is 19.7 Å². The van der Waals surface area contributed by atoms with Crippen LogP contribution in [0.3, 0.4) is 0 Å². The van der Waals surface area contributed by atoms with E-state index in [0.717, 1.165) is 21.3 Å². The van der Waals surface area contributed by atoms with Gasteiger partial charge >= 0.3 is 6.09 Å². The number of piperazine rings is 1. The Labute approximate surface area is 194 Å². The first kappa shape index (κ1) is 21.8. The van der Waals surface area contributed by atoms with Gasteiger partial charge in [-0.2, -0.15) is 0 Å². The van der Waals surface area contributed by atoms with Crippen LogP contribution in [-0.4, -0.2) is 61.8 Å². The molecule has 1 amide bonds. The van der Waals surface area contributed by atoms with Gasteiger partial charge in [0.1, 0.15) is 23.6 Å². The molecule has 8 nitrogen and oxygen atoms in total. The van der Waals surface area contributed by atoms with Crippen molar-refractivity contribution >= 4 is 50.5 Å². The molecule has 0 spiro atoms. The molecule has 0 saturated carbocycles. The third kappa shape index (κ3) is 4.48. The third-order valence-electron chi connectivity index (χ3n) is 5.02. The SMILES string of the molecule is CC1CN(C(=O)OC(C)(C)C)CCN1c1ncnc2c1c(Br)cn2-c1cc(Cl)ccn1. The third-order valence-corrected chi connectivity index (χ3v) is 5.86. The second-order valence-corrected chi connectivity index (χ2v) is 9.83. The summed E-state index contributed by atoms with van der Waals surface area (Å²) in [5.74, 6) is 1.49. The zero-order valence-electron chi connectivity index (χ0n) is 17.8. The Morgan fingerprint density at radius 1 is 1.26 bits per heavy atom. The molecule has 4 rings (SSSR count). The zero-order chi connectivity index (χ0) is 22.3. The molecule has 3 aromatic rings. The van der Waals surface area contributed by atoms with Gasteiger partial charge in [-0.15, -0.1) is 0 Å². The van der Waals surface area contributed by atoms with Gasteiger partial charge in [-0.1, -0.05) is 11.6 Å². The minimum Gasteiger partial charge on any atom is -0.444 e. The first-order valence-corrected chi connectivity index (χ1v) is 11.2. The molecule has 4 heterocycles. The lowest BCUT2D eigenvalue weighted by Crippen LogP contribution is -2.54. The van der Waals surface area contributed by atoms with E-state index in [1.54, 1.807) is 29.6 Å². The number of pyridine rings is 1.